The normalized spacial score (nSPS) is 15.0. The molecule has 1 fully saturated rings. The maximum atomic E-state index is 9.16. The van der Waals surface area contributed by atoms with E-state index in [1.54, 1.807) is 6.33 Å². The van der Waals surface area contributed by atoms with Crippen molar-refractivity contribution in [2.75, 3.05) is 25.0 Å². The molecule has 1 aromatic carbocycles. The Bertz CT molecular complexity index is 978. The van der Waals surface area contributed by atoms with E-state index in [1.165, 1.54) is 5.56 Å². The fourth-order valence-corrected chi connectivity index (χ4v) is 3.90. The van der Waals surface area contributed by atoms with E-state index in [-0.39, 0.29) is 0 Å². The van der Waals surface area contributed by atoms with Gasteiger partial charge in [-0.3, -0.25) is 0 Å². The topological polar surface area (TPSA) is 89.4 Å². The molecule has 1 aliphatic heterocycles. The minimum atomic E-state index is 0.523. The first kappa shape index (κ1) is 17.5. The first-order chi connectivity index (χ1) is 13.2. The van der Waals surface area contributed by atoms with Crippen LogP contribution < -0.4 is 10.6 Å². The highest BCUT2D eigenvalue weighted by molar-refractivity contribution is 5.86. The number of benzene rings is 1. The summed E-state index contributed by atoms with van der Waals surface area (Å²) in [6.45, 7) is 4.98. The van der Waals surface area contributed by atoms with Gasteiger partial charge in [0.1, 0.15) is 12.1 Å². The number of nitrogens with zero attached hydrogens (tertiary/aromatic N) is 3. The van der Waals surface area contributed by atoms with Crippen molar-refractivity contribution in [3.05, 3.63) is 53.1 Å². The van der Waals surface area contributed by atoms with Crippen molar-refractivity contribution < 1.29 is 0 Å². The second-order valence-corrected chi connectivity index (χ2v) is 7.13. The number of fused-ring (bicyclic) bond motifs is 1. The summed E-state index contributed by atoms with van der Waals surface area (Å²) in [6.07, 6.45) is 4.79. The zero-order chi connectivity index (χ0) is 18.6. The van der Waals surface area contributed by atoms with Crippen molar-refractivity contribution in [3.8, 4) is 6.07 Å². The second kappa shape index (κ2) is 7.77. The largest absolute Gasteiger partial charge is 0.370 e. The predicted octanol–water partition coefficient (Wildman–Crippen LogP) is 3.26. The lowest BCUT2D eigenvalue weighted by molar-refractivity contribution is 0.453. The SMILES string of the molecule is Cc1[nH]c2ccc(C#N)cc2c1CCNc1cc(C2CCNCC2)ncn1. The van der Waals surface area contributed by atoms with Crippen LogP contribution in [-0.4, -0.2) is 34.6 Å². The van der Waals surface area contributed by atoms with Gasteiger partial charge in [0.2, 0.25) is 0 Å². The standard InChI is InChI=1S/C21H24N6/c1-14-17(18-10-15(12-22)2-3-19(18)27-14)6-9-24-21-11-20(25-13-26-21)16-4-7-23-8-5-16/h2-3,10-11,13,16,23,27H,4-9H2,1H3,(H,24,25,26). The Morgan fingerprint density at radius 3 is 2.89 bits per heavy atom. The third-order valence-corrected chi connectivity index (χ3v) is 5.38. The molecule has 3 aromatic rings. The highest BCUT2D eigenvalue weighted by atomic mass is 15.0. The van der Waals surface area contributed by atoms with E-state index >= 15 is 0 Å². The van der Waals surface area contributed by atoms with E-state index in [2.05, 4.69) is 44.6 Å². The molecule has 1 aliphatic rings. The average molecular weight is 360 g/mol. The number of aryl methyl sites for hydroxylation is 1. The van der Waals surface area contributed by atoms with E-state index in [9.17, 15) is 0 Å². The molecular formula is C21H24N6. The van der Waals surface area contributed by atoms with Crippen LogP contribution in [0.15, 0.2) is 30.6 Å². The van der Waals surface area contributed by atoms with Gasteiger partial charge in [0, 0.05) is 40.8 Å². The molecular weight excluding hydrogens is 336 g/mol. The number of aromatic amines is 1. The fourth-order valence-electron chi connectivity index (χ4n) is 3.90. The van der Waals surface area contributed by atoms with Crippen molar-refractivity contribution in [1.82, 2.24) is 20.3 Å². The van der Waals surface area contributed by atoms with Crippen LogP contribution in [0.25, 0.3) is 10.9 Å². The number of nitrogens with one attached hydrogen (secondary N) is 3. The number of piperidine rings is 1. The summed E-state index contributed by atoms with van der Waals surface area (Å²) in [5.41, 5.74) is 5.31. The van der Waals surface area contributed by atoms with Gasteiger partial charge in [-0.05, 0) is 63.0 Å². The molecule has 0 bridgehead atoms. The molecule has 2 aromatic heterocycles. The first-order valence-corrected chi connectivity index (χ1v) is 9.52. The predicted molar refractivity (Wildman–Crippen MR) is 107 cm³/mol. The van der Waals surface area contributed by atoms with E-state index < -0.39 is 0 Å². The Morgan fingerprint density at radius 2 is 2.07 bits per heavy atom. The Kier molecular flexibility index (Phi) is 5.03. The molecule has 6 nitrogen and oxygen atoms in total. The Hall–Kier alpha value is -2.91. The number of hydrogen-bond donors (Lipinski definition) is 3. The maximum absolute atomic E-state index is 9.16. The zero-order valence-electron chi connectivity index (χ0n) is 15.5. The van der Waals surface area contributed by atoms with Crippen molar-refractivity contribution in [1.29, 1.82) is 5.26 Å². The number of rotatable bonds is 5. The summed E-state index contributed by atoms with van der Waals surface area (Å²) in [5, 5.41) is 17.1. The monoisotopic (exact) mass is 360 g/mol. The van der Waals surface area contributed by atoms with Crippen LogP contribution in [0.1, 0.15) is 41.3 Å². The number of aromatic nitrogens is 3. The summed E-state index contributed by atoms with van der Waals surface area (Å²) in [4.78, 5) is 12.3. The third-order valence-electron chi connectivity index (χ3n) is 5.38. The van der Waals surface area contributed by atoms with Gasteiger partial charge in [-0.25, -0.2) is 9.97 Å². The van der Waals surface area contributed by atoms with E-state index in [1.807, 2.05) is 18.2 Å². The van der Waals surface area contributed by atoms with Crippen LogP contribution in [0.2, 0.25) is 0 Å². The Balaban J connectivity index is 1.45. The van der Waals surface area contributed by atoms with Crippen molar-refractivity contribution in [2.45, 2.75) is 32.1 Å². The molecule has 0 saturated carbocycles. The van der Waals surface area contributed by atoms with Crippen molar-refractivity contribution in [3.63, 3.8) is 0 Å². The van der Waals surface area contributed by atoms with Gasteiger partial charge in [0.25, 0.3) is 0 Å². The van der Waals surface area contributed by atoms with E-state index in [4.69, 9.17) is 5.26 Å². The minimum absolute atomic E-state index is 0.523. The lowest BCUT2D eigenvalue weighted by Gasteiger charge is -2.22. The first-order valence-electron chi connectivity index (χ1n) is 9.52. The molecule has 3 heterocycles. The third kappa shape index (κ3) is 3.79. The molecule has 3 N–H and O–H groups in total. The van der Waals surface area contributed by atoms with E-state index in [0.717, 1.165) is 67.0 Å². The van der Waals surface area contributed by atoms with Gasteiger partial charge < -0.3 is 15.6 Å². The maximum Gasteiger partial charge on any atom is 0.129 e. The average Bonchev–Trinajstić information content (AvgIpc) is 3.03. The summed E-state index contributed by atoms with van der Waals surface area (Å²) in [6, 6.07) is 10.1. The van der Waals surface area contributed by atoms with E-state index in [0.29, 0.717) is 11.5 Å². The van der Waals surface area contributed by atoms with Gasteiger partial charge in [-0.1, -0.05) is 0 Å². The van der Waals surface area contributed by atoms with Crippen LogP contribution in [0.4, 0.5) is 5.82 Å². The molecule has 0 radical (unpaired) electrons. The molecule has 0 amide bonds. The van der Waals surface area contributed by atoms with Crippen LogP contribution in [0, 0.1) is 18.3 Å². The lowest BCUT2D eigenvalue weighted by Crippen LogP contribution is -2.27. The molecule has 1 saturated heterocycles. The van der Waals surface area contributed by atoms with Crippen molar-refractivity contribution >= 4 is 16.7 Å². The molecule has 0 aliphatic carbocycles. The minimum Gasteiger partial charge on any atom is -0.370 e. The molecule has 27 heavy (non-hydrogen) atoms. The zero-order valence-corrected chi connectivity index (χ0v) is 15.5. The number of H-pyrrole nitrogens is 1. The Labute approximate surface area is 159 Å². The number of hydrogen-bond acceptors (Lipinski definition) is 5. The van der Waals surface area contributed by atoms with Crippen LogP contribution in [0.3, 0.4) is 0 Å². The molecule has 6 heteroatoms. The number of nitriles is 1. The quantitative estimate of drug-likeness (QED) is 0.650. The van der Waals surface area contributed by atoms with Gasteiger partial charge in [-0.15, -0.1) is 0 Å². The smallest absolute Gasteiger partial charge is 0.129 e. The van der Waals surface area contributed by atoms with Crippen LogP contribution in [0.5, 0.6) is 0 Å². The molecule has 0 atom stereocenters. The summed E-state index contributed by atoms with van der Waals surface area (Å²) < 4.78 is 0. The molecule has 0 spiro atoms. The fraction of sp³-hybridized carbons (Fsp3) is 0.381. The second-order valence-electron chi connectivity index (χ2n) is 7.13. The summed E-state index contributed by atoms with van der Waals surface area (Å²) in [7, 11) is 0. The van der Waals surface area contributed by atoms with Crippen molar-refractivity contribution in [2.24, 2.45) is 0 Å². The number of anilines is 1. The van der Waals surface area contributed by atoms with Gasteiger partial charge in [0.05, 0.1) is 11.6 Å². The van der Waals surface area contributed by atoms with Gasteiger partial charge in [0.15, 0.2) is 0 Å². The Morgan fingerprint density at radius 1 is 1.22 bits per heavy atom. The summed E-state index contributed by atoms with van der Waals surface area (Å²) >= 11 is 0. The van der Waals surface area contributed by atoms with Crippen LogP contribution >= 0.6 is 0 Å². The lowest BCUT2D eigenvalue weighted by atomic mass is 9.94. The summed E-state index contributed by atoms with van der Waals surface area (Å²) in [5.74, 6) is 1.41. The highest BCUT2D eigenvalue weighted by Crippen LogP contribution is 2.25. The molecule has 138 valence electrons. The highest BCUT2D eigenvalue weighted by Gasteiger charge is 2.17. The molecule has 4 rings (SSSR count). The molecule has 0 unspecified atom stereocenters. The van der Waals surface area contributed by atoms with Crippen LogP contribution in [-0.2, 0) is 6.42 Å². The van der Waals surface area contributed by atoms with Gasteiger partial charge >= 0.3 is 0 Å². The van der Waals surface area contributed by atoms with Gasteiger partial charge in [-0.2, -0.15) is 5.26 Å².